The molecule has 3 aromatic rings. The highest BCUT2D eigenvalue weighted by molar-refractivity contribution is 5.91. The normalized spacial score (nSPS) is 11.3. The number of likely N-dealkylation sites (N-methyl/N-ethyl adjacent to an activating group) is 1. The molecule has 0 fully saturated rings. The number of anilines is 1. The van der Waals surface area contributed by atoms with Gasteiger partial charge in [-0.15, -0.1) is 0 Å². The van der Waals surface area contributed by atoms with Gasteiger partial charge in [-0.2, -0.15) is 0 Å². The van der Waals surface area contributed by atoms with Gasteiger partial charge in [0, 0.05) is 37.1 Å². The topological polar surface area (TPSA) is 64.2 Å². The molecular weight excluding hydrogens is 312 g/mol. The van der Waals surface area contributed by atoms with Gasteiger partial charge in [0.15, 0.2) is 0 Å². The molecule has 1 amide bonds. The lowest BCUT2D eigenvalue weighted by Gasteiger charge is -2.16. The number of hydrogen-bond donors (Lipinski definition) is 1. The first-order valence-electron chi connectivity index (χ1n) is 8.15. The summed E-state index contributed by atoms with van der Waals surface area (Å²) in [5, 5.41) is 1.18. The molecule has 5 heteroatoms. The molecule has 0 aliphatic carbocycles. The number of carbonyl (C=O) groups is 1. The Labute approximate surface area is 147 Å². The van der Waals surface area contributed by atoms with E-state index in [1.165, 1.54) is 5.39 Å². The predicted octanol–water partition coefficient (Wildman–Crippen LogP) is 3.14. The van der Waals surface area contributed by atoms with E-state index >= 15 is 0 Å². The second-order valence-corrected chi connectivity index (χ2v) is 6.19. The van der Waals surface area contributed by atoms with Crippen molar-refractivity contribution in [3.8, 4) is 0 Å². The van der Waals surface area contributed by atoms with Crippen molar-refractivity contribution in [2.75, 3.05) is 12.8 Å². The second-order valence-electron chi connectivity index (χ2n) is 6.19. The number of benzene rings is 1. The van der Waals surface area contributed by atoms with Gasteiger partial charge in [-0.3, -0.25) is 4.79 Å². The van der Waals surface area contributed by atoms with Crippen molar-refractivity contribution < 1.29 is 4.79 Å². The van der Waals surface area contributed by atoms with Crippen LogP contribution in [0.15, 0.2) is 48.5 Å². The molecule has 2 aromatic heterocycles. The molecule has 0 radical (unpaired) electrons. The van der Waals surface area contributed by atoms with Crippen LogP contribution in [0.4, 0.5) is 5.82 Å². The highest BCUT2D eigenvalue weighted by Gasteiger charge is 2.11. The summed E-state index contributed by atoms with van der Waals surface area (Å²) < 4.78 is 2.12. The number of amides is 1. The van der Waals surface area contributed by atoms with E-state index in [1.807, 2.05) is 32.2 Å². The van der Waals surface area contributed by atoms with Crippen molar-refractivity contribution in [1.29, 1.82) is 0 Å². The molecule has 2 N–H and O–H groups in total. The lowest BCUT2D eigenvalue weighted by atomic mass is 10.2. The van der Waals surface area contributed by atoms with E-state index < -0.39 is 0 Å². The molecule has 1 aromatic carbocycles. The minimum atomic E-state index is -0.0542. The summed E-state index contributed by atoms with van der Waals surface area (Å²) in [5.74, 6) is 0.426. The first kappa shape index (κ1) is 16.8. The predicted molar refractivity (Wildman–Crippen MR) is 102 cm³/mol. The maximum atomic E-state index is 12.4. The lowest BCUT2D eigenvalue weighted by molar-refractivity contribution is -0.125. The van der Waals surface area contributed by atoms with Gasteiger partial charge in [-0.1, -0.05) is 18.2 Å². The first-order chi connectivity index (χ1) is 12.0. The minimum Gasteiger partial charge on any atom is -0.384 e. The van der Waals surface area contributed by atoms with Crippen molar-refractivity contribution in [3.63, 3.8) is 0 Å². The van der Waals surface area contributed by atoms with Crippen molar-refractivity contribution in [3.05, 3.63) is 65.5 Å². The Hall–Kier alpha value is -3.08. The monoisotopic (exact) mass is 334 g/mol. The van der Waals surface area contributed by atoms with E-state index in [1.54, 1.807) is 30.2 Å². The van der Waals surface area contributed by atoms with E-state index in [2.05, 4.69) is 27.8 Å². The van der Waals surface area contributed by atoms with Crippen molar-refractivity contribution in [1.82, 2.24) is 14.5 Å². The smallest absolute Gasteiger partial charge is 0.246 e. The zero-order valence-electron chi connectivity index (χ0n) is 14.7. The van der Waals surface area contributed by atoms with Crippen LogP contribution in [0.3, 0.4) is 0 Å². The summed E-state index contributed by atoms with van der Waals surface area (Å²) >= 11 is 0. The standard InChI is InChI=1S/C20H22N4O/c1-14-15(8-10-19(21)22-14)9-11-20(25)23(2)13-17-12-16-6-4-5-7-18(16)24(17)3/h4-12H,13H2,1-3H3,(H2,21,22). The number of nitrogens with two attached hydrogens (primary N) is 1. The average Bonchev–Trinajstić information content (AvgIpc) is 2.90. The zero-order chi connectivity index (χ0) is 18.0. The number of para-hydroxylation sites is 1. The number of nitrogens with zero attached hydrogens (tertiary/aromatic N) is 3. The molecule has 128 valence electrons. The van der Waals surface area contributed by atoms with Crippen LogP contribution >= 0.6 is 0 Å². The SMILES string of the molecule is Cc1nc(N)ccc1C=CC(=O)N(C)Cc1cc2ccccc2n1C. The molecule has 0 aliphatic rings. The van der Waals surface area contributed by atoms with Crippen LogP contribution in [0.1, 0.15) is 17.0 Å². The molecule has 0 atom stereocenters. The number of pyridine rings is 1. The molecule has 0 aliphatic heterocycles. The van der Waals surface area contributed by atoms with Crippen LogP contribution < -0.4 is 5.73 Å². The Kier molecular flexibility index (Phi) is 4.57. The van der Waals surface area contributed by atoms with Gasteiger partial charge in [0.05, 0.1) is 6.54 Å². The fraction of sp³-hybridized carbons (Fsp3) is 0.200. The summed E-state index contributed by atoms with van der Waals surface area (Å²) in [5.41, 5.74) is 9.60. The van der Waals surface area contributed by atoms with Gasteiger partial charge in [-0.05, 0) is 48.2 Å². The number of nitrogen functional groups attached to an aromatic ring is 1. The molecule has 3 rings (SSSR count). The Morgan fingerprint density at radius 1 is 1.28 bits per heavy atom. The fourth-order valence-corrected chi connectivity index (χ4v) is 2.87. The summed E-state index contributed by atoms with van der Waals surface area (Å²) in [6.07, 6.45) is 3.35. The number of hydrogen-bond acceptors (Lipinski definition) is 3. The third-order valence-corrected chi connectivity index (χ3v) is 4.38. The highest BCUT2D eigenvalue weighted by Crippen LogP contribution is 2.19. The number of carbonyl (C=O) groups excluding carboxylic acids is 1. The molecular formula is C20H22N4O. The third kappa shape index (κ3) is 3.55. The van der Waals surface area contributed by atoms with Gasteiger partial charge < -0.3 is 15.2 Å². The quantitative estimate of drug-likeness (QED) is 0.746. The summed E-state index contributed by atoms with van der Waals surface area (Å²) in [7, 11) is 3.83. The van der Waals surface area contributed by atoms with E-state index in [0.29, 0.717) is 12.4 Å². The van der Waals surface area contributed by atoms with Crippen molar-refractivity contribution >= 4 is 28.7 Å². The van der Waals surface area contributed by atoms with E-state index in [-0.39, 0.29) is 5.91 Å². The maximum absolute atomic E-state index is 12.4. The molecule has 0 unspecified atom stereocenters. The molecule has 0 saturated carbocycles. The largest absolute Gasteiger partial charge is 0.384 e. The lowest BCUT2D eigenvalue weighted by Crippen LogP contribution is -2.25. The zero-order valence-corrected chi connectivity index (χ0v) is 14.7. The van der Waals surface area contributed by atoms with Gasteiger partial charge in [0.2, 0.25) is 5.91 Å². The molecule has 0 saturated heterocycles. The van der Waals surface area contributed by atoms with E-state index in [9.17, 15) is 4.79 Å². The van der Waals surface area contributed by atoms with Crippen LogP contribution in [0.2, 0.25) is 0 Å². The number of rotatable bonds is 4. The van der Waals surface area contributed by atoms with E-state index in [0.717, 1.165) is 22.5 Å². The first-order valence-corrected chi connectivity index (χ1v) is 8.15. The minimum absolute atomic E-state index is 0.0542. The number of aryl methyl sites for hydroxylation is 2. The Morgan fingerprint density at radius 3 is 2.76 bits per heavy atom. The van der Waals surface area contributed by atoms with Gasteiger partial charge >= 0.3 is 0 Å². The fourth-order valence-electron chi connectivity index (χ4n) is 2.87. The molecule has 2 heterocycles. The summed E-state index contributed by atoms with van der Waals surface area (Å²) in [4.78, 5) is 18.3. The highest BCUT2D eigenvalue weighted by atomic mass is 16.2. The van der Waals surface area contributed by atoms with Crippen LogP contribution in [0.25, 0.3) is 17.0 Å². The summed E-state index contributed by atoms with van der Waals surface area (Å²) in [6, 6.07) is 13.9. The summed E-state index contributed by atoms with van der Waals surface area (Å²) in [6.45, 7) is 2.42. The second kappa shape index (κ2) is 6.81. The third-order valence-electron chi connectivity index (χ3n) is 4.38. The molecule has 25 heavy (non-hydrogen) atoms. The number of fused-ring (bicyclic) bond motifs is 1. The van der Waals surface area contributed by atoms with Crippen LogP contribution in [0.5, 0.6) is 0 Å². The molecule has 0 bridgehead atoms. The van der Waals surface area contributed by atoms with Crippen molar-refractivity contribution in [2.45, 2.75) is 13.5 Å². The van der Waals surface area contributed by atoms with Gasteiger partial charge in [0.1, 0.15) is 5.82 Å². The average molecular weight is 334 g/mol. The Bertz CT molecular complexity index is 955. The van der Waals surface area contributed by atoms with Crippen molar-refractivity contribution in [2.24, 2.45) is 7.05 Å². The van der Waals surface area contributed by atoms with Crippen LogP contribution in [-0.2, 0) is 18.4 Å². The number of aromatic nitrogens is 2. The molecule has 5 nitrogen and oxygen atoms in total. The Morgan fingerprint density at radius 2 is 2.04 bits per heavy atom. The molecule has 0 spiro atoms. The van der Waals surface area contributed by atoms with E-state index in [4.69, 9.17) is 5.73 Å². The van der Waals surface area contributed by atoms with Crippen LogP contribution in [-0.4, -0.2) is 27.4 Å². The maximum Gasteiger partial charge on any atom is 0.246 e. The van der Waals surface area contributed by atoms with Gasteiger partial charge in [-0.25, -0.2) is 4.98 Å². The van der Waals surface area contributed by atoms with Gasteiger partial charge in [0.25, 0.3) is 0 Å². The Balaban J connectivity index is 1.73. The van der Waals surface area contributed by atoms with Crippen LogP contribution in [0, 0.1) is 6.92 Å².